The Hall–Kier alpha value is -3.11. The van der Waals surface area contributed by atoms with E-state index in [1.165, 1.54) is 0 Å². The molecule has 3 rings (SSSR count). The molecule has 4 nitrogen and oxygen atoms in total. The quantitative estimate of drug-likeness (QED) is 0.502. The van der Waals surface area contributed by atoms with Crippen molar-refractivity contribution < 1.29 is 9.59 Å². The largest absolute Gasteiger partial charge is 0.355 e. The summed E-state index contributed by atoms with van der Waals surface area (Å²) >= 11 is 6.05. The van der Waals surface area contributed by atoms with Gasteiger partial charge in [-0.1, -0.05) is 78.3 Å². The SMILES string of the molecule is CCNC(=O)C(Cc1ccccc1)N(Cc1ccc(Cl)cc1)C(=O)Cc1ccccc1C. The highest BCUT2D eigenvalue weighted by Crippen LogP contribution is 2.19. The number of nitrogens with one attached hydrogen (secondary N) is 1. The molecule has 1 atom stereocenters. The molecule has 0 heterocycles. The molecule has 3 aromatic rings. The summed E-state index contributed by atoms with van der Waals surface area (Å²) < 4.78 is 0. The number of aryl methyl sites for hydroxylation is 1. The van der Waals surface area contributed by atoms with Crippen LogP contribution in [-0.4, -0.2) is 29.3 Å². The van der Waals surface area contributed by atoms with Gasteiger partial charge in [0.05, 0.1) is 6.42 Å². The third-order valence-electron chi connectivity index (χ3n) is 5.49. The fourth-order valence-electron chi connectivity index (χ4n) is 3.71. The molecule has 0 aliphatic rings. The molecule has 0 saturated carbocycles. The molecule has 0 fully saturated rings. The first-order valence-electron chi connectivity index (χ1n) is 10.9. The van der Waals surface area contributed by atoms with Crippen molar-refractivity contribution in [1.29, 1.82) is 0 Å². The van der Waals surface area contributed by atoms with E-state index in [4.69, 9.17) is 11.6 Å². The first kappa shape index (κ1) is 23.6. The van der Waals surface area contributed by atoms with Gasteiger partial charge in [-0.25, -0.2) is 0 Å². The fraction of sp³-hybridized carbons (Fsp3) is 0.259. The zero-order valence-electron chi connectivity index (χ0n) is 18.6. The lowest BCUT2D eigenvalue weighted by molar-refractivity contribution is -0.140. The number of hydrogen-bond donors (Lipinski definition) is 1. The van der Waals surface area contributed by atoms with Gasteiger partial charge in [-0.3, -0.25) is 9.59 Å². The molecule has 0 aliphatic heterocycles. The van der Waals surface area contributed by atoms with Gasteiger partial charge >= 0.3 is 0 Å². The van der Waals surface area contributed by atoms with Gasteiger partial charge in [-0.2, -0.15) is 0 Å². The van der Waals surface area contributed by atoms with Crippen LogP contribution in [0.15, 0.2) is 78.9 Å². The maximum absolute atomic E-state index is 13.6. The summed E-state index contributed by atoms with van der Waals surface area (Å²) in [6, 6.07) is 24.4. The molecule has 1 N–H and O–H groups in total. The molecule has 5 heteroatoms. The fourth-order valence-corrected chi connectivity index (χ4v) is 3.83. The van der Waals surface area contributed by atoms with Crippen molar-refractivity contribution in [2.75, 3.05) is 6.54 Å². The molecule has 32 heavy (non-hydrogen) atoms. The van der Waals surface area contributed by atoms with E-state index < -0.39 is 6.04 Å². The highest BCUT2D eigenvalue weighted by molar-refractivity contribution is 6.30. The Morgan fingerprint density at radius 1 is 0.906 bits per heavy atom. The van der Waals surface area contributed by atoms with E-state index >= 15 is 0 Å². The maximum Gasteiger partial charge on any atom is 0.243 e. The highest BCUT2D eigenvalue weighted by Gasteiger charge is 2.30. The van der Waals surface area contributed by atoms with Crippen LogP contribution in [0.3, 0.4) is 0 Å². The Kier molecular flexibility index (Phi) is 8.46. The number of carbonyl (C=O) groups excluding carboxylic acids is 2. The summed E-state index contributed by atoms with van der Waals surface area (Å²) in [4.78, 5) is 28.4. The van der Waals surface area contributed by atoms with Gasteiger partial charge in [-0.05, 0) is 48.2 Å². The second kappa shape index (κ2) is 11.5. The monoisotopic (exact) mass is 448 g/mol. The van der Waals surface area contributed by atoms with Crippen LogP contribution in [0.5, 0.6) is 0 Å². The predicted molar refractivity (Wildman–Crippen MR) is 130 cm³/mol. The normalized spacial score (nSPS) is 11.6. The van der Waals surface area contributed by atoms with Gasteiger partial charge in [0.1, 0.15) is 6.04 Å². The minimum atomic E-state index is -0.621. The summed E-state index contributed by atoms with van der Waals surface area (Å²) in [7, 11) is 0. The topological polar surface area (TPSA) is 49.4 Å². The van der Waals surface area contributed by atoms with Gasteiger partial charge in [0.15, 0.2) is 0 Å². The molecule has 1 unspecified atom stereocenters. The predicted octanol–water partition coefficient (Wildman–Crippen LogP) is 4.97. The molecule has 0 bridgehead atoms. The summed E-state index contributed by atoms with van der Waals surface area (Å²) in [5, 5.41) is 3.55. The number of likely N-dealkylation sites (N-methyl/N-ethyl adjacent to an activating group) is 1. The Morgan fingerprint density at radius 3 is 2.22 bits per heavy atom. The lowest BCUT2D eigenvalue weighted by Crippen LogP contribution is -2.51. The third kappa shape index (κ3) is 6.44. The van der Waals surface area contributed by atoms with E-state index in [1.54, 1.807) is 17.0 Å². The maximum atomic E-state index is 13.6. The molecular weight excluding hydrogens is 420 g/mol. The lowest BCUT2D eigenvalue weighted by Gasteiger charge is -2.31. The van der Waals surface area contributed by atoms with Crippen LogP contribution in [0, 0.1) is 6.92 Å². The smallest absolute Gasteiger partial charge is 0.243 e. The zero-order valence-corrected chi connectivity index (χ0v) is 19.3. The van der Waals surface area contributed by atoms with Crippen molar-refractivity contribution in [3.8, 4) is 0 Å². The number of nitrogens with zero attached hydrogens (tertiary/aromatic N) is 1. The van der Waals surface area contributed by atoms with Crippen molar-refractivity contribution in [2.45, 2.75) is 39.3 Å². The number of halogens is 1. The van der Waals surface area contributed by atoms with Gasteiger partial charge < -0.3 is 10.2 Å². The molecule has 3 aromatic carbocycles. The van der Waals surface area contributed by atoms with Crippen molar-refractivity contribution in [3.63, 3.8) is 0 Å². The van der Waals surface area contributed by atoms with Gasteiger partial charge in [0, 0.05) is 24.5 Å². The summed E-state index contributed by atoms with van der Waals surface area (Å²) in [6.07, 6.45) is 0.685. The average molecular weight is 449 g/mol. The molecule has 166 valence electrons. The first-order chi connectivity index (χ1) is 15.5. The van der Waals surface area contributed by atoms with Crippen molar-refractivity contribution in [2.24, 2.45) is 0 Å². The lowest BCUT2D eigenvalue weighted by atomic mass is 10.0. The van der Waals surface area contributed by atoms with Gasteiger partial charge in [0.25, 0.3) is 0 Å². The molecular formula is C27H29ClN2O2. The number of rotatable bonds is 9. The van der Waals surface area contributed by atoms with E-state index in [-0.39, 0.29) is 18.2 Å². The van der Waals surface area contributed by atoms with E-state index in [0.717, 1.165) is 22.3 Å². The highest BCUT2D eigenvalue weighted by atomic mass is 35.5. The molecule has 2 amide bonds. The van der Waals surface area contributed by atoms with Crippen LogP contribution in [0.25, 0.3) is 0 Å². The van der Waals surface area contributed by atoms with Crippen LogP contribution in [0.4, 0.5) is 0 Å². The van der Waals surface area contributed by atoms with Crippen molar-refractivity contribution >= 4 is 23.4 Å². The Labute approximate surface area is 195 Å². The Morgan fingerprint density at radius 2 is 1.56 bits per heavy atom. The van der Waals surface area contributed by atoms with Crippen LogP contribution < -0.4 is 5.32 Å². The minimum Gasteiger partial charge on any atom is -0.355 e. The van der Waals surface area contributed by atoms with Gasteiger partial charge in [0.2, 0.25) is 11.8 Å². The molecule has 0 saturated heterocycles. The van der Waals surface area contributed by atoms with Crippen LogP contribution >= 0.6 is 11.6 Å². The van der Waals surface area contributed by atoms with Crippen molar-refractivity contribution in [1.82, 2.24) is 10.2 Å². The molecule has 0 radical (unpaired) electrons. The number of hydrogen-bond acceptors (Lipinski definition) is 2. The van der Waals surface area contributed by atoms with Crippen LogP contribution in [-0.2, 0) is 29.0 Å². The Bertz CT molecular complexity index is 1040. The average Bonchev–Trinajstić information content (AvgIpc) is 2.79. The zero-order chi connectivity index (χ0) is 22.9. The standard InChI is InChI=1S/C27H29ClN2O2/c1-3-29-27(32)25(17-21-10-5-4-6-11-21)30(19-22-13-15-24(28)16-14-22)26(31)18-23-12-8-7-9-20(23)2/h4-16,25H,3,17-19H2,1-2H3,(H,29,32). The second-order valence-corrected chi connectivity index (χ2v) is 8.29. The van der Waals surface area contributed by atoms with Crippen LogP contribution in [0.2, 0.25) is 5.02 Å². The summed E-state index contributed by atoms with van der Waals surface area (Å²) in [5.74, 6) is -0.232. The molecule has 0 aromatic heterocycles. The first-order valence-corrected chi connectivity index (χ1v) is 11.3. The number of amides is 2. The van der Waals surface area contributed by atoms with Gasteiger partial charge in [-0.15, -0.1) is 0 Å². The number of carbonyl (C=O) groups is 2. The van der Waals surface area contributed by atoms with E-state index in [0.29, 0.717) is 24.5 Å². The minimum absolute atomic E-state index is 0.0820. The van der Waals surface area contributed by atoms with E-state index in [9.17, 15) is 9.59 Å². The van der Waals surface area contributed by atoms with E-state index in [2.05, 4.69) is 5.32 Å². The third-order valence-corrected chi connectivity index (χ3v) is 5.74. The molecule has 0 aliphatic carbocycles. The summed E-state index contributed by atoms with van der Waals surface area (Å²) in [6.45, 7) is 4.72. The summed E-state index contributed by atoms with van der Waals surface area (Å²) in [5.41, 5.74) is 3.96. The second-order valence-electron chi connectivity index (χ2n) is 7.85. The van der Waals surface area contributed by atoms with Crippen molar-refractivity contribution in [3.05, 3.63) is 106 Å². The van der Waals surface area contributed by atoms with Crippen LogP contribution in [0.1, 0.15) is 29.2 Å². The van der Waals surface area contributed by atoms with E-state index in [1.807, 2.05) is 80.6 Å². The Balaban J connectivity index is 1.95. The molecule has 0 spiro atoms. The number of benzene rings is 3.